The number of carbonyl (C=O) groups is 4. The molecule has 0 aromatic rings. The van der Waals surface area contributed by atoms with Gasteiger partial charge in [-0.1, -0.05) is 40.9 Å². The fraction of sp³-hybridized carbons (Fsp3) is 0.667. The molecule has 1 aliphatic heterocycles. The quantitative estimate of drug-likeness (QED) is 0.143. The predicted octanol–water partition coefficient (Wildman–Crippen LogP) is 4.33. The van der Waals surface area contributed by atoms with Gasteiger partial charge in [-0.3, -0.25) is 15.4 Å². The number of aliphatic imine (C=N–C) groups is 1. The average molecular weight is 574 g/mol. The minimum absolute atomic E-state index is 0.00177. The number of aliphatic carboxylic acids is 1. The molecule has 0 bridgehead atoms. The number of hydrogen-bond donors (Lipinski definition) is 3. The van der Waals surface area contributed by atoms with E-state index in [1.165, 1.54) is 11.0 Å². The molecular weight excluding hydrogens is 543 g/mol. The number of carboxylic acid groups (broad SMARTS) is 1. The Labute approximate surface area is 224 Å². The predicted molar refractivity (Wildman–Crippen MR) is 133 cm³/mol. The van der Waals surface area contributed by atoms with Gasteiger partial charge < -0.3 is 24.2 Å². The first-order chi connectivity index (χ1) is 16.2. The second-order valence-electron chi connectivity index (χ2n) is 9.69. The van der Waals surface area contributed by atoms with Crippen molar-refractivity contribution >= 4 is 65.0 Å². The Morgan fingerprint density at radius 1 is 1.03 bits per heavy atom. The molecule has 204 valence electrons. The van der Waals surface area contributed by atoms with Gasteiger partial charge >= 0.3 is 24.2 Å². The van der Waals surface area contributed by atoms with Gasteiger partial charge in [-0.25, -0.2) is 14.4 Å². The van der Waals surface area contributed by atoms with Gasteiger partial charge in [0, 0.05) is 19.4 Å². The maximum absolute atomic E-state index is 12.5. The maximum Gasteiger partial charge on any atom is 0.437 e. The van der Waals surface area contributed by atoms with Gasteiger partial charge in [0.15, 0.2) is 0 Å². The van der Waals surface area contributed by atoms with E-state index in [2.05, 4.69) is 15.6 Å². The minimum atomic E-state index is -1.89. The normalized spacial score (nSPS) is 18.5. The molecular formula is C21H31Cl3N4O8. The molecule has 0 spiro atoms. The summed E-state index contributed by atoms with van der Waals surface area (Å²) >= 11 is 16.9. The second-order valence-corrected chi connectivity index (χ2v) is 12.2. The summed E-state index contributed by atoms with van der Waals surface area (Å²) < 4.78 is 13.5. The number of ether oxygens (including phenoxy) is 3. The van der Waals surface area contributed by atoms with Crippen LogP contribution in [0.15, 0.2) is 17.1 Å². The Morgan fingerprint density at radius 2 is 1.61 bits per heavy atom. The highest BCUT2D eigenvalue weighted by Gasteiger charge is 2.43. The Hall–Kier alpha value is -2.44. The highest BCUT2D eigenvalue weighted by Crippen LogP contribution is 2.29. The van der Waals surface area contributed by atoms with E-state index in [0.717, 1.165) is 0 Å². The molecule has 0 aliphatic carbocycles. The Kier molecular flexibility index (Phi) is 10.7. The lowest BCUT2D eigenvalue weighted by Gasteiger charge is -2.39. The monoisotopic (exact) mass is 572 g/mol. The highest BCUT2D eigenvalue weighted by atomic mass is 35.6. The van der Waals surface area contributed by atoms with E-state index in [4.69, 9.17) is 49.0 Å². The lowest BCUT2D eigenvalue weighted by molar-refractivity contribution is -0.137. The molecule has 1 heterocycles. The summed E-state index contributed by atoms with van der Waals surface area (Å²) in [5.41, 5.74) is -3.39. The molecule has 0 radical (unpaired) electrons. The topological polar surface area (TPSA) is 156 Å². The summed E-state index contributed by atoms with van der Waals surface area (Å²) in [6, 6.07) is 0. The molecule has 0 aromatic carbocycles. The first-order valence-electron chi connectivity index (χ1n) is 10.7. The number of amides is 3. The van der Waals surface area contributed by atoms with Crippen LogP contribution in [-0.4, -0.2) is 74.0 Å². The molecule has 15 heteroatoms. The first kappa shape index (κ1) is 31.6. The summed E-state index contributed by atoms with van der Waals surface area (Å²) in [4.78, 5) is 54.1. The number of carbonyl (C=O) groups excluding carboxylic acids is 3. The van der Waals surface area contributed by atoms with Gasteiger partial charge in [-0.05, 0) is 47.6 Å². The van der Waals surface area contributed by atoms with Crippen LogP contribution >= 0.6 is 34.8 Å². The Balaban J connectivity index is 3.40. The largest absolute Gasteiger partial charge is 0.481 e. The number of rotatable bonds is 5. The van der Waals surface area contributed by atoms with E-state index in [1.54, 1.807) is 47.6 Å². The van der Waals surface area contributed by atoms with Crippen LogP contribution in [-0.2, 0) is 19.0 Å². The molecule has 1 unspecified atom stereocenters. The van der Waals surface area contributed by atoms with Gasteiger partial charge in [0.05, 0.1) is 0 Å². The van der Waals surface area contributed by atoms with Crippen LogP contribution in [0.2, 0.25) is 0 Å². The number of hydrogen-bond acceptors (Lipinski definition) is 7. The molecule has 36 heavy (non-hydrogen) atoms. The molecule has 1 rings (SSSR count). The molecule has 3 amide bonds. The molecule has 1 atom stereocenters. The molecule has 0 aromatic heterocycles. The number of nitrogens with one attached hydrogen (secondary N) is 2. The Bertz CT molecular complexity index is 906. The van der Waals surface area contributed by atoms with Gasteiger partial charge in [-0.2, -0.15) is 0 Å². The first-order valence-corrected chi connectivity index (χ1v) is 11.9. The smallest absolute Gasteiger partial charge is 0.437 e. The van der Waals surface area contributed by atoms with Gasteiger partial charge in [0.1, 0.15) is 23.5 Å². The zero-order chi connectivity index (χ0) is 27.9. The fourth-order valence-corrected chi connectivity index (χ4v) is 3.01. The lowest BCUT2D eigenvalue weighted by atomic mass is 10.0. The van der Waals surface area contributed by atoms with Crippen molar-refractivity contribution in [1.29, 1.82) is 0 Å². The number of halogens is 3. The molecule has 3 N–H and O–H groups in total. The van der Waals surface area contributed by atoms with E-state index in [-0.39, 0.29) is 18.9 Å². The summed E-state index contributed by atoms with van der Waals surface area (Å²) in [6.07, 6.45) is -0.666. The fourth-order valence-electron chi connectivity index (χ4n) is 2.85. The third kappa shape index (κ3) is 12.0. The molecule has 12 nitrogen and oxygen atoms in total. The summed E-state index contributed by atoms with van der Waals surface area (Å²) in [7, 11) is 0. The third-order valence-electron chi connectivity index (χ3n) is 4.03. The van der Waals surface area contributed by atoms with Crippen molar-refractivity contribution in [2.75, 3.05) is 13.2 Å². The number of nitrogens with zero attached hydrogens (tertiary/aromatic N) is 2. The van der Waals surface area contributed by atoms with Crippen molar-refractivity contribution < 1.29 is 38.5 Å². The zero-order valence-electron chi connectivity index (χ0n) is 20.8. The summed E-state index contributed by atoms with van der Waals surface area (Å²) in [6.45, 7) is 9.17. The number of alkyl carbamates (subject to hydrolysis) is 2. The van der Waals surface area contributed by atoms with Crippen LogP contribution in [0.25, 0.3) is 0 Å². The van der Waals surface area contributed by atoms with Crippen LogP contribution in [0.3, 0.4) is 0 Å². The minimum Gasteiger partial charge on any atom is -0.481 e. The third-order valence-corrected chi connectivity index (χ3v) is 4.36. The average Bonchev–Trinajstić information content (AvgIpc) is 3.04. The second kappa shape index (κ2) is 12.2. The lowest BCUT2D eigenvalue weighted by Crippen LogP contribution is -2.62. The number of guanidine groups is 1. The zero-order valence-corrected chi connectivity index (χ0v) is 23.1. The van der Waals surface area contributed by atoms with Crippen molar-refractivity contribution in [2.45, 2.75) is 75.0 Å². The molecule has 0 fully saturated rings. The van der Waals surface area contributed by atoms with E-state index >= 15 is 0 Å². The van der Waals surface area contributed by atoms with E-state index in [1.807, 2.05) is 0 Å². The van der Waals surface area contributed by atoms with Crippen LogP contribution in [0.1, 0.15) is 54.4 Å². The summed E-state index contributed by atoms with van der Waals surface area (Å²) in [5, 5.41) is 14.2. The maximum atomic E-state index is 12.5. The SMILES string of the molecule is CC(C)(C)OC(=O)N=C(NC(=O)OC(C)(C)C)N1CC=CC1(CCC(=O)O)NC(=O)OCC(Cl)(Cl)Cl. The van der Waals surface area contributed by atoms with Crippen molar-refractivity contribution in [3.8, 4) is 0 Å². The standard InChI is InChI=1S/C21H31Cl3N4O8/c1-18(2,3)35-15(31)25-14(26-16(32)36-19(4,5)6)28-11-7-9-20(28,10-8-13(29)30)27-17(33)34-12-21(22,23)24/h7,9H,8,10-12H2,1-6H3,(H,27,33)(H,29,30)(H,25,26,31,32). The van der Waals surface area contributed by atoms with Gasteiger partial charge in [0.25, 0.3) is 0 Å². The van der Waals surface area contributed by atoms with Crippen molar-refractivity contribution in [2.24, 2.45) is 4.99 Å². The molecule has 1 aliphatic rings. The van der Waals surface area contributed by atoms with Crippen LogP contribution in [0.5, 0.6) is 0 Å². The highest BCUT2D eigenvalue weighted by molar-refractivity contribution is 6.67. The number of alkyl halides is 3. The van der Waals surface area contributed by atoms with E-state index < -0.39 is 57.9 Å². The number of carboxylic acids is 1. The Morgan fingerprint density at radius 3 is 2.11 bits per heavy atom. The summed E-state index contributed by atoms with van der Waals surface area (Å²) in [5.74, 6) is -1.53. The van der Waals surface area contributed by atoms with E-state index in [9.17, 15) is 24.3 Å². The molecule has 0 saturated carbocycles. The van der Waals surface area contributed by atoms with Crippen molar-refractivity contribution in [3.05, 3.63) is 12.2 Å². The van der Waals surface area contributed by atoms with E-state index in [0.29, 0.717) is 0 Å². The van der Waals surface area contributed by atoms with Gasteiger partial charge in [0.2, 0.25) is 9.75 Å². The van der Waals surface area contributed by atoms with Gasteiger partial charge in [-0.15, -0.1) is 4.99 Å². The van der Waals surface area contributed by atoms with Crippen LogP contribution < -0.4 is 10.6 Å². The molecule has 0 saturated heterocycles. The van der Waals surface area contributed by atoms with Crippen molar-refractivity contribution in [1.82, 2.24) is 15.5 Å². The van der Waals surface area contributed by atoms with Crippen molar-refractivity contribution in [3.63, 3.8) is 0 Å². The van der Waals surface area contributed by atoms with Crippen LogP contribution in [0, 0.1) is 0 Å². The van der Waals surface area contributed by atoms with Crippen LogP contribution in [0.4, 0.5) is 14.4 Å².